The van der Waals surface area contributed by atoms with Crippen molar-refractivity contribution in [3.05, 3.63) is 194 Å². The van der Waals surface area contributed by atoms with Crippen molar-refractivity contribution < 1.29 is 0 Å². The van der Waals surface area contributed by atoms with Crippen LogP contribution in [0.4, 0.5) is 0 Å². The lowest BCUT2D eigenvalue weighted by Gasteiger charge is -2.13. The summed E-state index contributed by atoms with van der Waals surface area (Å²) in [6.07, 6.45) is 0. The normalized spacial score (nSPS) is 11.7. The Morgan fingerprint density at radius 2 is 0.870 bits per heavy atom. The van der Waals surface area contributed by atoms with Gasteiger partial charge in [0.05, 0.1) is 39.1 Å². The van der Waals surface area contributed by atoms with Gasteiger partial charge in [-0.2, -0.15) is 0 Å². The minimum atomic E-state index is 0.705. The molecular formula is C50H32N4. The Bertz CT molecular complexity index is 3140. The van der Waals surface area contributed by atoms with Crippen molar-refractivity contribution in [3.63, 3.8) is 0 Å². The summed E-state index contributed by atoms with van der Waals surface area (Å²) in [7, 11) is 0. The predicted octanol–water partition coefficient (Wildman–Crippen LogP) is 12.8. The van der Waals surface area contributed by atoms with Gasteiger partial charge < -0.3 is 9.13 Å². The summed E-state index contributed by atoms with van der Waals surface area (Å²) in [5.74, 6) is 0.705. The molecule has 0 saturated carbocycles. The van der Waals surface area contributed by atoms with Gasteiger partial charge in [-0.15, -0.1) is 0 Å². The summed E-state index contributed by atoms with van der Waals surface area (Å²) in [6, 6.07) is 68.9. The molecule has 0 aliphatic heterocycles. The Hall–Kier alpha value is -7.30. The lowest BCUT2D eigenvalue weighted by Crippen LogP contribution is -1.97. The number of aromatic nitrogens is 4. The van der Waals surface area contributed by atoms with Crippen molar-refractivity contribution in [1.82, 2.24) is 19.1 Å². The SMILES string of the molecule is c1ccc(-c2cc(-c3ccccc3)nc(-c3ccc4c(-n5c6ccccc6c6c7c8ccccc8n(-c8ccccc8)c7ccc65)cccc4c3)n2)cc1. The third-order valence-electron chi connectivity index (χ3n) is 10.7. The fourth-order valence-corrected chi connectivity index (χ4v) is 8.32. The van der Waals surface area contributed by atoms with E-state index in [4.69, 9.17) is 9.97 Å². The van der Waals surface area contributed by atoms with Crippen LogP contribution in [0.5, 0.6) is 0 Å². The van der Waals surface area contributed by atoms with Gasteiger partial charge in [0.15, 0.2) is 5.82 Å². The van der Waals surface area contributed by atoms with Gasteiger partial charge in [-0.3, -0.25) is 0 Å². The summed E-state index contributed by atoms with van der Waals surface area (Å²) < 4.78 is 4.84. The second kappa shape index (κ2) is 12.1. The zero-order chi connectivity index (χ0) is 35.6. The number of rotatable bonds is 5. The molecule has 4 heteroatoms. The zero-order valence-corrected chi connectivity index (χ0v) is 29.3. The van der Waals surface area contributed by atoms with Gasteiger partial charge >= 0.3 is 0 Å². The topological polar surface area (TPSA) is 35.6 Å². The van der Waals surface area contributed by atoms with Gasteiger partial charge in [0, 0.05) is 49.3 Å². The van der Waals surface area contributed by atoms with Crippen molar-refractivity contribution in [3.8, 4) is 45.3 Å². The van der Waals surface area contributed by atoms with E-state index in [1.165, 1.54) is 49.0 Å². The highest BCUT2D eigenvalue weighted by atomic mass is 15.0. The molecule has 252 valence electrons. The van der Waals surface area contributed by atoms with E-state index in [1.54, 1.807) is 0 Å². The molecule has 0 saturated heterocycles. The maximum atomic E-state index is 5.12. The molecule has 0 spiro atoms. The number of benzene rings is 8. The predicted molar refractivity (Wildman–Crippen MR) is 225 cm³/mol. The van der Waals surface area contributed by atoms with Gasteiger partial charge in [0.2, 0.25) is 0 Å². The summed E-state index contributed by atoms with van der Waals surface area (Å²) in [5.41, 5.74) is 12.0. The summed E-state index contributed by atoms with van der Waals surface area (Å²) in [5, 5.41) is 7.32. The highest BCUT2D eigenvalue weighted by Crippen LogP contribution is 2.43. The van der Waals surface area contributed by atoms with Crippen LogP contribution in [0.3, 0.4) is 0 Å². The summed E-state index contributed by atoms with van der Waals surface area (Å²) in [6.45, 7) is 0. The van der Waals surface area contributed by atoms with Crippen LogP contribution in [0.2, 0.25) is 0 Å². The number of hydrogen-bond donors (Lipinski definition) is 0. The average Bonchev–Trinajstić information content (AvgIpc) is 3.77. The highest BCUT2D eigenvalue weighted by molar-refractivity contribution is 6.29. The molecule has 0 bridgehead atoms. The summed E-state index contributed by atoms with van der Waals surface area (Å²) in [4.78, 5) is 10.2. The van der Waals surface area contributed by atoms with E-state index >= 15 is 0 Å². The van der Waals surface area contributed by atoms with Gasteiger partial charge in [0.1, 0.15) is 0 Å². The molecular weight excluding hydrogens is 657 g/mol. The maximum absolute atomic E-state index is 5.12. The minimum absolute atomic E-state index is 0.705. The van der Waals surface area contributed by atoms with Crippen molar-refractivity contribution in [1.29, 1.82) is 0 Å². The third kappa shape index (κ3) is 4.70. The Labute approximate surface area is 311 Å². The Balaban J connectivity index is 1.13. The molecule has 0 aliphatic carbocycles. The molecule has 0 fully saturated rings. The number of para-hydroxylation sites is 3. The monoisotopic (exact) mass is 688 g/mol. The molecule has 0 radical (unpaired) electrons. The van der Waals surface area contributed by atoms with Crippen LogP contribution in [0.1, 0.15) is 0 Å². The van der Waals surface area contributed by atoms with Crippen LogP contribution in [0, 0.1) is 0 Å². The molecule has 0 amide bonds. The standard InChI is InChI=1S/C50H32N4/c1-4-15-33(16-5-1)41-32-42(34-17-6-2-7-18-34)52-50(51-41)36-27-28-38-35(31-36)19-14-26-43(38)54-45-25-13-11-23-40(45)49-47(54)30-29-46-48(49)39-22-10-12-24-44(39)53(46)37-20-8-3-9-21-37/h1-32H. The molecule has 0 atom stereocenters. The first kappa shape index (κ1) is 30.3. The van der Waals surface area contributed by atoms with Crippen LogP contribution in [-0.2, 0) is 0 Å². The molecule has 3 heterocycles. The molecule has 11 aromatic rings. The van der Waals surface area contributed by atoms with E-state index in [2.05, 4.69) is 191 Å². The van der Waals surface area contributed by atoms with E-state index in [0.29, 0.717) is 5.82 Å². The van der Waals surface area contributed by atoms with Crippen LogP contribution in [0.25, 0.3) is 99.7 Å². The van der Waals surface area contributed by atoms with Gasteiger partial charge in [-0.1, -0.05) is 140 Å². The largest absolute Gasteiger partial charge is 0.309 e. The molecule has 0 unspecified atom stereocenters. The fraction of sp³-hybridized carbons (Fsp3) is 0. The zero-order valence-electron chi connectivity index (χ0n) is 29.3. The highest BCUT2D eigenvalue weighted by Gasteiger charge is 2.21. The first-order valence-electron chi connectivity index (χ1n) is 18.3. The Morgan fingerprint density at radius 3 is 1.50 bits per heavy atom. The van der Waals surface area contributed by atoms with Gasteiger partial charge in [-0.25, -0.2) is 9.97 Å². The second-order valence-corrected chi connectivity index (χ2v) is 13.8. The molecule has 4 nitrogen and oxygen atoms in total. The van der Waals surface area contributed by atoms with Crippen LogP contribution >= 0.6 is 0 Å². The van der Waals surface area contributed by atoms with Crippen molar-refractivity contribution in [2.24, 2.45) is 0 Å². The molecule has 0 N–H and O–H groups in total. The smallest absolute Gasteiger partial charge is 0.160 e. The van der Waals surface area contributed by atoms with Gasteiger partial charge in [-0.05, 0) is 60.0 Å². The van der Waals surface area contributed by atoms with Crippen molar-refractivity contribution in [2.75, 3.05) is 0 Å². The van der Waals surface area contributed by atoms with E-state index < -0.39 is 0 Å². The lowest BCUT2D eigenvalue weighted by atomic mass is 10.0. The fourth-order valence-electron chi connectivity index (χ4n) is 8.32. The van der Waals surface area contributed by atoms with E-state index in [1.807, 2.05) is 12.1 Å². The second-order valence-electron chi connectivity index (χ2n) is 13.8. The van der Waals surface area contributed by atoms with E-state index in [0.717, 1.165) is 44.8 Å². The van der Waals surface area contributed by atoms with E-state index in [-0.39, 0.29) is 0 Å². The molecule has 54 heavy (non-hydrogen) atoms. The van der Waals surface area contributed by atoms with Gasteiger partial charge in [0.25, 0.3) is 0 Å². The number of fused-ring (bicyclic) bond motifs is 8. The molecule has 11 rings (SSSR count). The minimum Gasteiger partial charge on any atom is -0.309 e. The number of nitrogens with zero attached hydrogens (tertiary/aromatic N) is 4. The quantitative estimate of drug-likeness (QED) is 0.180. The summed E-state index contributed by atoms with van der Waals surface area (Å²) >= 11 is 0. The third-order valence-corrected chi connectivity index (χ3v) is 10.7. The molecule has 0 aliphatic rings. The first-order chi connectivity index (χ1) is 26.8. The number of hydrogen-bond acceptors (Lipinski definition) is 2. The molecule has 8 aromatic carbocycles. The van der Waals surface area contributed by atoms with E-state index in [9.17, 15) is 0 Å². The van der Waals surface area contributed by atoms with Crippen LogP contribution in [-0.4, -0.2) is 19.1 Å². The first-order valence-corrected chi connectivity index (χ1v) is 18.3. The average molecular weight is 689 g/mol. The van der Waals surface area contributed by atoms with Crippen LogP contribution in [0.15, 0.2) is 194 Å². The van der Waals surface area contributed by atoms with Crippen molar-refractivity contribution >= 4 is 54.4 Å². The van der Waals surface area contributed by atoms with Crippen molar-refractivity contribution in [2.45, 2.75) is 0 Å². The Kier molecular flexibility index (Phi) is 6.82. The van der Waals surface area contributed by atoms with Crippen LogP contribution < -0.4 is 0 Å². The lowest BCUT2D eigenvalue weighted by molar-refractivity contribution is 1.18. The maximum Gasteiger partial charge on any atom is 0.160 e. The Morgan fingerprint density at radius 1 is 0.333 bits per heavy atom. The molecule has 3 aromatic heterocycles.